The first-order chi connectivity index (χ1) is 11.4. The monoisotopic (exact) mass is 433 g/mol. The molecular formula is C16H14BrCl2NO4. The van der Waals surface area contributed by atoms with E-state index in [0.717, 1.165) is 0 Å². The highest BCUT2D eigenvalue weighted by atomic mass is 79.9. The van der Waals surface area contributed by atoms with Gasteiger partial charge < -0.3 is 19.5 Å². The molecule has 0 spiro atoms. The molecule has 0 unspecified atom stereocenters. The molecule has 128 valence electrons. The maximum absolute atomic E-state index is 12.6. The molecule has 0 atom stereocenters. The van der Waals surface area contributed by atoms with E-state index in [0.29, 0.717) is 43.0 Å². The van der Waals surface area contributed by atoms with E-state index in [1.54, 1.807) is 24.3 Å². The number of benzene rings is 2. The Labute approximate surface area is 157 Å². The van der Waals surface area contributed by atoms with Crippen LogP contribution in [0.25, 0.3) is 0 Å². The maximum atomic E-state index is 12.6. The molecule has 0 aromatic heterocycles. The lowest BCUT2D eigenvalue weighted by molar-refractivity contribution is 0.102. The molecule has 0 heterocycles. The maximum Gasteiger partial charge on any atom is 0.257 e. The molecule has 2 rings (SSSR count). The Morgan fingerprint density at radius 2 is 1.54 bits per heavy atom. The normalized spacial score (nSPS) is 10.2. The largest absolute Gasteiger partial charge is 0.493 e. The van der Waals surface area contributed by atoms with E-state index in [-0.39, 0.29) is 5.91 Å². The van der Waals surface area contributed by atoms with Gasteiger partial charge in [0.2, 0.25) is 5.75 Å². The quantitative estimate of drug-likeness (QED) is 0.716. The Hall–Kier alpha value is -1.63. The number of rotatable bonds is 5. The predicted molar refractivity (Wildman–Crippen MR) is 98.2 cm³/mol. The number of anilines is 1. The van der Waals surface area contributed by atoms with Gasteiger partial charge in [-0.2, -0.15) is 0 Å². The van der Waals surface area contributed by atoms with Crippen molar-refractivity contribution in [2.75, 3.05) is 26.6 Å². The first-order valence-corrected chi connectivity index (χ1v) is 8.22. The minimum atomic E-state index is -0.389. The predicted octanol–water partition coefficient (Wildman–Crippen LogP) is 5.03. The topological polar surface area (TPSA) is 56.8 Å². The number of hydrogen-bond acceptors (Lipinski definition) is 4. The van der Waals surface area contributed by atoms with Crippen molar-refractivity contribution in [3.63, 3.8) is 0 Å². The van der Waals surface area contributed by atoms with Gasteiger partial charge >= 0.3 is 0 Å². The molecule has 0 aliphatic rings. The van der Waals surface area contributed by atoms with Gasteiger partial charge in [0, 0.05) is 15.7 Å². The van der Waals surface area contributed by atoms with Crippen LogP contribution in [0.15, 0.2) is 28.7 Å². The highest BCUT2D eigenvalue weighted by Gasteiger charge is 2.23. The average molecular weight is 435 g/mol. The lowest BCUT2D eigenvalue weighted by Gasteiger charge is -2.16. The Morgan fingerprint density at radius 3 is 2.04 bits per heavy atom. The third-order valence-electron chi connectivity index (χ3n) is 3.13. The van der Waals surface area contributed by atoms with Crippen molar-refractivity contribution in [3.05, 3.63) is 44.3 Å². The summed E-state index contributed by atoms with van der Waals surface area (Å²) in [4.78, 5) is 12.6. The van der Waals surface area contributed by atoms with Crippen LogP contribution in [0.4, 0.5) is 5.69 Å². The van der Waals surface area contributed by atoms with E-state index < -0.39 is 0 Å². The van der Waals surface area contributed by atoms with Gasteiger partial charge in [0.15, 0.2) is 11.5 Å². The van der Waals surface area contributed by atoms with Crippen LogP contribution in [0.5, 0.6) is 17.2 Å². The fourth-order valence-electron chi connectivity index (χ4n) is 2.11. The Morgan fingerprint density at radius 1 is 0.958 bits per heavy atom. The van der Waals surface area contributed by atoms with Crippen molar-refractivity contribution in [3.8, 4) is 17.2 Å². The number of carbonyl (C=O) groups excluding carboxylic acids is 1. The summed E-state index contributed by atoms with van der Waals surface area (Å²) >= 11 is 15.3. The van der Waals surface area contributed by atoms with Crippen LogP contribution in [0.2, 0.25) is 10.0 Å². The summed E-state index contributed by atoms with van der Waals surface area (Å²) in [6, 6.07) is 6.31. The zero-order valence-corrected chi connectivity index (χ0v) is 16.2. The van der Waals surface area contributed by atoms with Crippen molar-refractivity contribution in [1.29, 1.82) is 0 Å². The van der Waals surface area contributed by atoms with Gasteiger partial charge in [-0.3, -0.25) is 4.79 Å². The third-order valence-corrected chi connectivity index (χ3v) is 4.36. The van der Waals surface area contributed by atoms with Crippen LogP contribution in [0.1, 0.15) is 10.4 Å². The summed E-state index contributed by atoms with van der Waals surface area (Å²) < 4.78 is 16.3. The summed E-state index contributed by atoms with van der Waals surface area (Å²) in [5.41, 5.74) is 0.777. The van der Waals surface area contributed by atoms with Crippen LogP contribution in [0, 0.1) is 0 Å². The summed E-state index contributed by atoms with van der Waals surface area (Å²) in [6.07, 6.45) is 0. The zero-order valence-electron chi connectivity index (χ0n) is 13.1. The molecule has 2 aromatic carbocycles. The Balaban J connectivity index is 2.45. The number of amides is 1. The van der Waals surface area contributed by atoms with E-state index in [1.807, 2.05) is 0 Å². The van der Waals surface area contributed by atoms with Gasteiger partial charge in [0.1, 0.15) is 0 Å². The fraction of sp³-hybridized carbons (Fsp3) is 0.188. The van der Waals surface area contributed by atoms with E-state index in [1.165, 1.54) is 21.3 Å². The van der Waals surface area contributed by atoms with Crippen LogP contribution in [-0.2, 0) is 0 Å². The van der Waals surface area contributed by atoms with Crippen molar-refractivity contribution in [1.82, 2.24) is 0 Å². The van der Waals surface area contributed by atoms with E-state index in [2.05, 4.69) is 21.2 Å². The molecule has 2 aromatic rings. The molecule has 1 N–H and O–H groups in total. The minimum absolute atomic E-state index is 0.306. The summed E-state index contributed by atoms with van der Waals surface area (Å²) in [5, 5.41) is 3.57. The Kier molecular flexibility index (Phi) is 6.21. The molecular weight excluding hydrogens is 421 g/mol. The zero-order chi connectivity index (χ0) is 17.9. The van der Waals surface area contributed by atoms with E-state index in [9.17, 15) is 4.79 Å². The number of methoxy groups -OCH3 is 3. The molecule has 0 aliphatic heterocycles. The van der Waals surface area contributed by atoms with Crippen LogP contribution in [0.3, 0.4) is 0 Å². The third kappa shape index (κ3) is 3.88. The lowest BCUT2D eigenvalue weighted by atomic mass is 10.1. The molecule has 24 heavy (non-hydrogen) atoms. The second-order valence-corrected chi connectivity index (χ2v) is 6.28. The van der Waals surface area contributed by atoms with E-state index >= 15 is 0 Å². The summed E-state index contributed by atoms with van der Waals surface area (Å²) in [6.45, 7) is 0. The second kappa shape index (κ2) is 7.96. The standard InChI is InChI=1S/C16H14BrCl2NO4/c1-22-12-7-11(13(17)15(24-3)14(12)23-2)16(21)20-10-5-8(18)4-9(19)6-10/h4-7H,1-3H3,(H,20,21). The summed E-state index contributed by atoms with van der Waals surface area (Å²) in [7, 11) is 4.44. The molecule has 0 radical (unpaired) electrons. The van der Waals surface area contributed by atoms with Crippen LogP contribution in [-0.4, -0.2) is 27.2 Å². The van der Waals surface area contributed by atoms with Gasteiger partial charge in [-0.25, -0.2) is 0 Å². The highest BCUT2D eigenvalue weighted by molar-refractivity contribution is 9.10. The van der Waals surface area contributed by atoms with Gasteiger partial charge in [-0.1, -0.05) is 23.2 Å². The SMILES string of the molecule is COc1cc(C(=O)Nc2cc(Cl)cc(Cl)c2)c(Br)c(OC)c1OC. The number of halogens is 3. The molecule has 0 saturated heterocycles. The van der Waals surface area contributed by atoms with Gasteiger partial charge in [0.05, 0.1) is 31.4 Å². The van der Waals surface area contributed by atoms with Crippen molar-refractivity contribution < 1.29 is 19.0 Å². The first kappa shape index (κ1) is 18.7. The van der Waals surface area contributed by atoms with E-state index in [4.69, 9.17) is 37.4 Å². The van der Waals surface area contributed by atoms with Gasteiger partial charge in [0.25, 0.3) is 5.91 Å². The number of hydrogen-bond donors (Lipinski definition) is 1. The average Bonchev–Trinajstić information content (AvgIpc) is 2.52. The molecule has 0 bridgehead atoms. The number of nitrogens with one attached hydrogen (secondary N) is 1. The first-order valence-electron chi connectivity index (χ1n) is 6.67. The smallest absolute Gasteiger partial charge is 0.257 e. The number of carbonyl (C=O) groups is 1. The Bertz CT molecular complexity index is 763. The molecule has 0 fully saturated rings. The van der Waals surface area contributed by atoms with Crippen molar-refractivity contribution >= 4 is 50.7 Å². The minimum Gasteiger partial charge on any atom is -0.493 e. The lowest BCUT2D eigenvalue weighted by Crippen LogP contribution is -2.13. The van der Waals surface area contributed by atoms with Crippen LogP contribution < -0.4 is 19.5 Å². The van der Waals surface area contributed by atoms with Gasteiger partial charge in [-0.05, 0) is 40.2 Å². The van der Waals surface area contributed by atoms with Crippen molar-refractivity contribution in [2.24, 2.45) is 0 Å². The molecule has 5 nitrogen and oxygen atoms in total. The molecule has 8 heteroatoms. The number of ether oxygens (including phenoxy) is 3. The molecule has 0 aliphatic carbocycles. The van der Waals surface area contributed by atoms with Crippen LogP contribution >= 0.6 is 39.1 Å². The molecule has 0 saturated carbocycles. The highest BCUT2D eigenvalue weighted by Crippen LogP contribution is 2.44. The summed E-state index contributed by atoms with van der Waals surface area (Å²) in [5.74, 6) is 0.714. The fourth-order valence-corrected chi connectivity index (χ4v) is 3.27. The van der Waals surface area contributed by atoms with Crippen molar-refractivity contribution in [2.45, 2.75) is 0 Å². The van der Waals surface area contributed by atoms with Gasteiger partial charge in [-0.15, -0.1) is 0 Å². The second-order valence-electron chi connectivity index (χ2n) is 4.62. The molecule has 1 amide bonds.